The van der Waals surface area contributed by atoms with Crippen LogP contribution in [0.5, 0.6) is 0 Å². The summed E-state index contributed by atoms with van der Waals surface area (Å²) in [5.74, 6) is 0.578. The van der Waals surface area contributed by atoms with Crippen molar-refractivity contribution >= 4 is 17.5 Å². The van der Waals surface area contributed by atoms with Gasteiger partial charge in [0.2, 0.25) is 0 Å². The number of allylic oxidation sites excluding steroid dienone is 2. The van der Waals surface area contributed by atoms with Crippen molar-refractivity contribution in [2.75, 3.05) is 39.4 Å². The summed E-state index contributed by atoms with van der Waals surface area (Å²) in [5.41, 5.74) is 3.17. The number of carbonyl (C=O) groups is 1. The predicted octanol–water partition coefficient (Wildman–Crippen LogP) is 6.16. The van der Waals surface area contributed by atoms with Crippen LogP contribution < -0.4 is 5.56 Å². The molecule has 0 bridgehead atoms. The van der Waals surface area contributed by atoms with Gasteiger partial charge in [-0.3, -0.25) is 9.59 Å². The molecule has 1 aromatic heterocycles. The van der Waals surface area contributed by atoms with Gasteiger partial charge >= 0.3 is 0 Å². The summed E-state index contributed by atoms with van der Waals surface area (Å²) in [6.07, 6.45) is 5.44. The maximum Gasteiger partial charge on any atom is 0.254 e. The molecule has 0 radical (unpaired) electrons. The van der Waals surface area contributed by atoms with Crippen LogP contribution in [0, 0.1) is 13.8 Å². The summed E-state index contributed by atoms with van der Waals surface area (Å²) in [6.45, 7) is 12.2. The maximum absolute atomic E-state index is 13.8. The molecule has 39 heavy (non-hydrogen) atoms. The first-order valence-corrected chi connectivity index (χ1v) is 14.4. The summed E-state index contributed by atoms with van der Waals surface area (Å²) >= 11 is 6.08. The fraction of sp³-hybridized carbons (Fsp3) is 0.667. The standard InChI is InChI=1S/C30H48ClFN2O5/c1-8-16-34(19-28-21(3)18-22(4)33-29(28)35)30(36)27(13-14-31)23(5)24(6)39-26(20-37-7)12-10-11-25(9-2)38-17-15-32/h13,18,25-26H,8-12,14-17,19-20H2,1-7H3,(H,33,35)/b24-23+,27-13+. The van der Waals surface area contributed by atoms with Gasteiger partial charge in [0.15, 0.2) is 0 Å². The van der Waals surface area contributed by atoms with Crippen LogP contribution in [0.3, 0.4) is 0 Å². The zero-order chi connectivity index (χ0) is 29.4. The molecular weight excluding hydrogens is 523 g/mol. The Morgan fingerprint density at radius 2 is 1.90 bits per heavy atom. The molecule has 0 saturated carbocycles. The van der Waals surface area contributed by atoms with Crippen LogP contribution in [-0.4, -0.2) is 67.4 Å². The van der Waals surface area contributed by atoms with Gasteiger partial charge in [0.05, 0.1) is 31.6 Å². The van der Waals surface area contributed by atoms with E-state index in [-0.39, 0.29) is 42.7 Å². The Morgan fingerprint density at radius 3 is 2.46 bits per heavy atom. The van der Waals surface area contributed by atoms with E-state index in [0.717, 1.165) is 43.4 Å². The third kappa shape index (κ3) is 11.9. The highest BCUT2D eigenvalue weighted by Gasteiger charge is 2.23. The first-order chi connectivity index (χ1) is 18.6. The predicted molar refractivity (Wildman–Crippen MR) is 156 cm³/mol. The summed E-state index contributed by atoms with van der Waals surface area (Å²) < 4.78 is 29.7. The molecule has 0 aliphatic rings. The normalized spacial score (nSPS) is 14.1. The number of aromatic amines is 1. The van der Waals surface area contributed by atoms with Gasteiger partial charge in [-0.2, -0.15) is 0 Å². The van der Waals surface area contributed by atoms with E-state index in [0.29, 0.717) is 35.6 Å². The van der Waals surface area contributed by atoms with Crippen molar-refractivity contribution in [3.05, 3.63) is 56.2 Å². The number of carbonyl (C=O) groups excluding carboxylic acids is 1. The van der Waals surface area contributed by atoms with Crippen LogP contribution in [0.1, 0.15) is 76.6 Å². The molecule has 1 rings (SSSR count). The van der Waals surface area contributed by atoms with Gasteiger partial charge < -0.3 is 24.1 Å². The number of hydrogen-bond acceptors (Lipinski definition) is 5. The second-order valence-corrected chi connectivity index (χ2v) is 10.1. The number of pyridine rings is 1. The van der Waals surface area contributed by atoms with Crippen molar-refractivity contribution in [1.29, 1.82) is 0 Å². The van der Waals surface area contributed by atoms with Crippen molar-refractivity contribution in [2.24, 2.45) is 0 Å². The van der Waals surface area contributed by atoms with Gasteiger partial charge in [0, 0.05) is 36.4 Å². The highest BCUT2D eigenvalue weighted by atomic mass is 35.5. The molecule has 2 unspecified atom stereocenters. The van der Waals surface area contributed by atoms with Crippen molar-refractivity contribution in [3.8, 4) is 0 Å². The Labute approximate surface area is 238 Å². The molecule has 2 atom stereocenters. The highest BCUT2D eigenvalue weighted by Crippen LogP contribution is 2.23. The van der Waals surface area contributed by atoms with Crippen LogP contribution in [0.2, 0.25) is 0 Å². The lowest BCUT2D eigenvalue weighted by atomic mass is 10.0. The molecule has 1 N–H and O–H groups in total. The molecule has 0 saturated heterocycles. The molecule has 0 fully saturated rings. The first-order valence-electron chi connectivity index (χ1n) is 13.9. The van der Waals surface area contributed by atoms with Gasteiger partial charge in [-0.1, -0.05) is 19.9 Å². The molecule has 0 aromatic carbocycles. The molecule has 0 spiro atoms. The number of hydrogen-bond donors (Lipinski definition) is 1. The first kappa shape index (κ1) is 34.9. The van der Waals surface area contributed by atoms with Gasteiger partial charge in [0.25, 0.3) is 11.5 Å². The van der Waals surface area contributed by atoms with Crippen LogP contribution in [0.25, 0.3) is 0 Å². The van der Waals surface area contributed by atoms with E-state index in [1.807, 2.05) is 47.6 Å². The lowest BCUT2D eigenvalue weighted by Crippen LogP contribution is -2.35. The number of halogens is 2. The quantitative estimate of drug-likeness (QED) is 0.0933. The largest absolute Gasteiger partial charge is 0.492 e. The zero-order valence-corrected chi connectivity index (χ0v) is 25.6. The zero-order valence-electron chi connectivity index (χ0n) is 24.8. The van der Waals surface area contributed by atoms with Gasteiger partial charge in [-0.15, -0.1) is 11.6 Å². The van der Waals surface area contributed by atoms with E-state index in [1.54, 1.807) is 18.1 Å². The van der Waals surface area contributed by atoms with E-state index in [9.17, 15) is 14.0 Å². The fourth-order valence-corrected chi connectivity index (χ4v) is 4.67. The topological polar surface area (TPSA) is 80.9 Å². The molecular formula is C30H48ClFN2O5. The highest BCUT2D eigenvalue weighted by molar-refractivity contribution is 6.19. The van der Waals surface area contributed by atoms with Gasteiger partial charge in [-0.05, 0) is 77.0 Å². The van der Waals surface area contributed by atoms with Crippen molar-refractivity contribution in [2.45, 2.75) is 92.4 Å². The maximum atomic E-state index is 13.8. The lowest BCUT2D eigenvalue weighted by Gasteiger charge is -2.26. The minimum atomic E-state index is -0.483. The summed E-state index contributed by atoms with van der Waals surface area (Å²) in [7, 11) is 1.63. The van der Waals surface area contributed by atoms with Crippen LogP contribution >= 0.6 is 11.6 Å². The molecule has 0 aliphatic heterocycles. The summed E-state index contributed by atoms with van der Waals surface area (Å²) in [5, 5.41) is 0. The summed E-state index contributed by atoms with van der Waals surface area (Å²) in [4.78, 5) is 30.9. The minimum Gasteiger partial charge on any atom is -0.492 e. The number of nitrogens with one attached hydrogen (secondary N) is 1. The number of nitrogens with zero attached hydrogens (tertiary/aromatic N) is 1. The minimum absolute atomic E-state index is 0.0205. The Hall–Kier alpha value is -2.16. The molecule has 222 valence electrons. The Kier molecular flexibility index (Phi) is 17.0. The molecule has 7 nitrogen and oxygen atoms in total. The number of aromatic nitrogens is 1. The van der Waals surface area contributed by atoms with Crippen LogP contribution in [0.4, 0.5) is 4.39 Å². The molecule has 9 heteroatoms. The number of methoxy groups -OCH3 is 1. The van der Waals surface area contributed by atoms with E-state index < -0.39 is 6.67 Å². The number of aryl methyl sites for hydroxylation is 2. The van der Waals surface area contributed by atoms with E-state index in [2.05, 4.69) is 4.98 Å². The average molecular weight is 571 g/mol. The molecule has 0 aliphatic carbocycles. The van der Waals surface area contributed by atoms with Crippen molar-refractivity contribution < 1.29 is 23.4 Å². The molecule has 1 amide bonds. The average Bonchev–Trinajstić information content (AvgIpc) is 2.89. The van der Waals surface area contributed by atoms with E-state index in [4.69, 9.17) is 25.8 Å². The second kappa shape index (κ2) is 19.0. The lowest BCUT2D eigenvalue weighted by molar-refractivity contribution is -0.127. The van der Waals surface area contributed by atoms with Crippen LogP contribution in [0.15, 0.2) is 33.8 Å². The number of ether oxygens (including phenoxy) is 3. The molecule has 1 heterocycles. The van der Waals surface area contributed by atoms with E-state index >= 15 is 0 Å². The monoisotopic (exact) mass is 570 g/mol. The van der Waals surface area contributed by atoms with E-state index in [1.165, 1.54) is 0 Å². The van der Waals surface area contributed by atoms with Crippen LogP contribution in [-0.2, 0) is 25.5 Å². The Morgan fingerprint density at radius 1 is 1.21 bits per heavy atom. The number of alkyl halides is 2. The van der Waals surface area contributed by atoms with Crippen molar-refractivity contribution in [1.82, 2.24) is 9.88 Å². The Balaban J connectivity index is 3.11. The third-order valence-electron chi connectivity index (χ3n) is 6.70. The Bertz CT molecular complexity index is 1010. The van der Waals surface area contributed by atoms with Gasteiger partial charge in [0.1, 0.15) is 12.8 Å². The van der Waals surface area contributed by atoms with Gasteiger partial charge in [-0.25, -0.2) is 4.39 Å². The molecule has 1 aromatic rings. The second-order valence-electron chi connectivity index (χ2n) is 9.84. The number of amides is 1. The SMILES string of the molecule is CCCN(Cc1c(C)cc(C)[nH]c1=O)C(=O)C(=C/CCl)/C(C)=C(\C)OC(CCCC(CC)OCCF)COC. The number of rotatable bonds is 19. The van der Waals surface area contributed by atoms with Crippen molar-refractivity contribution in [3.63, 3.8) is 0 Å². The smallest absolute Gasteiger partial charge is 0.254 e. The summed E-state index contributed by atoms with van der Waals surface area (Å²) in [6, 6.07) is 1.91. The fourth-order valence-electron chi connectivity index (χ4n) is 4.52. The number of H-pyrrole nitrogens is 1. The third-order valence-corrected chi connectivity index (χ3v) is 6.86.